The van der Waals surface area contributed by atoms with Crippen LogP contribution in [-0.4, -0.2) is 40.0 Å². The molecular formula is C2H6NaO3P. The summed E-state index contributed by atoms with van der Waals surface area (Å²) in [5.74, 6) is 0. The van der Waals surface area contributed by atoms with Crippen molar-refractivity contribution in [3.05, 3.63) is 0 Å². The van der Waals surface area contributed by atoms with Gasteiger partial charge in [0.15, 0.2) is 0 Å². The van der Waals surface area contributed by atoms with Crippen molar-refractivity contribution >= 4 is 43.1 Å². The van der Waals surface area contributed by atoms with E-state index in [1.807, 2.05) is 0 Å². The van der Waals surface area contributed by atoms with Gasteiger partial charge in [-0.05, 0) is 0 Å². The third-order valence-corrected chi connectivity index (χ3v) is 0.904. The van der Waals surface area contributed by atoms with E-state index in [1.54, 1.807) is 0 Å². The molecule has 0 fully saturated rings. The molecule has 1 N–H and O–H groups in total. The Labute approximate surface area is 64.3 Å². The Morgan fingerprint density at radius 2 is 1.86 bits per heavy atom. The Kier molecular flexibility index (Phi) is 7.70. The third-order valence-electron chi connectivity index (χ3n) is 0.301. The van der Waals surface area contributed by atoms with Crippen LogP contribution in [0.2, 0.25) is 0 Å². The fourth-order valence-corrected chi connectivity index (χ4v) is 0. The SMILES string of the molecule is CC(=O)[PH](=O)O.[NaH]. The first-order valence-electron chi connectivity index (χ1n) is 1.38. The molecule has 0 aliphatic heterocycles. The molecule has 0 bridgehead atoms. The van der Waals surface area contributed by atoms with E-state index in [0.29, 0.717) is 0 Å². The van der Waals surface area contributed by atoms with Crippen LogP contribution in [0.15, 0.2) is 0 Å². The molecule has 1 unspecified atom stereocenters. The van der Waals surface area contributed by atoms with E-state index in [9.17, 15) is 9.36 Å². The van der Waals surface area contributed by atoms with Gasteiger partial charge in [-0.3, -0.25) is 9.36 Å². The maximum absolute atomic E-state index is 9.63. The molecular weight excluding hydrogens is 126 g/mol. The first kappa shape index (κ1) is 10.8. The van der Waals surface area contributed by atoms with Crippen LogP contribution in [0.5, 0.6) is 0 Å². The van der Waals surface area contributed by atoms with E-state index >= 15 is 0 Å². The van der Waals surface area contributed by atoms with E-state index in [-0.39, 0.29) is 29.6 Å². The second kappa shape index (κ2) is 5.01. The van der Waals surface area contributed by atoms with Crippen molar-refractivity contribution in [2.45, 2.75) is 6.92 Å². The molecule has 0 saturated heterocycles. The average molecular weight is 132 g/mol. The van der Waals surface area contributed by atoms with E-state index < -0.39 is 13.6 Å². The van der Waals surface area contributed by atoms with Crippen molar-refractivity contribution < 1.29 is 14.3 Å². The van der Waals surface area contributed by atoms with Crippen molar-refractivity contribution in [2.24, 2.45) is 0 Å². The number of hydrogen-bond acceptors (Lipinski definition) is 2. The summed E-state index contributed by atoms with van der Waals surface area (Å²) in [7, 11) is -2.84. The fraction of sp³-hybridized carbons (Fsp3) is 0.500. The van der Waals surface area contributed by atoms with Gasteiger partial charge in [-0.1, -0.05) is 0 Å². The molecule has 7 heavy (non-hydrogen) atoms. The monoisotopic (exact) mass is 132 g/mol. The van der Waals surface area contributed by atoms with Gasteiger partial charge in [0.1, 0.15) is 0 Å². The van der Waals surface area contributed by atoms with Crippen LogP contribution in [0.4, 0.5) is 0 Å². The zero-order chi connectivity index (χ0) is 5.15. The minimum absolute atomic E-state index is 0. The van der Waals surface area contributed by atoms with Crippen LogP contribution in [0, 0.1) is 0 Å². The number of carbonyl (C=O) groups is 1. The van der Waals surface area contributed by atoms with Crippen molar-refractivity contribution in [1.82, 2.24) is 0 Å². The van der Waals surface area contributed by atoms with E-state index in [0.717, 1.165) is 6.92 Å². The molecule has 0 heterocycles. The van der Waals surface area contributed by atoms with E-state index in [1.165, 1.54) is 0 Å². The fourth-order valence-electron chi connectivity index (χ4n) is 0. The molecule has 0 aromatic heterocycles. The van der Waals surface area contributed by atoms with Gasteiger partial charge < -0.3 is 4.89 Å². The van der Waals surface area contributed by atoms with Gasteiger partial charge in [0.2, 0.25) is 5.52 Å². The summed E-state index contributed by atoms with van der Waals surface area (Å²) in [4.78, 5) is 17.5. The van der Waals surface area contributed by atoms with Crippen LogP contribution < -0.4 is 0 Å². The Morgan fingerprint density at radius 1 is 1.71 bits per heavy atom. The summed E-state index contributed by atoms with van der Waals surface area (Å²) < 4.78 is 9.53. The van der Waals surface area contributed by atoms with Gasteiger partial charge in [-0.15, -0.1) is 0 Å². The summed E-state index contributed by atoms with van der Waals surface area (Å²) in [6.07, 6.45) is 0. The Bertz CT molecular complexity index is 78.9. The van der Waals surface area contributed by atoms with Gasteiger partial charge in [0, 0.05) is 6.92 Å². The van der Waals surface area contributed by atoms with Crippen molar-refractivity contribution in [1.29, 1.82) is 0 Å². The predicted molar refractivity (Wildman–Crippen MR) is 29.1 cm³/mol. The Morgan fingerprint density at radius 3 is 1.86 bits per heavy atom. The van der Waals surface area contributed by atoms with E-state index in [4.69, 9.17) is 4.89 Å². The quantitative estimate of drug-likeness (QED) is 0.381. The summed E-state index contributed by atoms with van der Waals surface area (Å²) >= 11 is 0. The first-order valence-corrected chi connectivity index (χ1v) is 2.74. The molecule has 0 amide bonds. The number of hydrogen-bond donors (Lipinski definition) is 1. The van der Waals surface area contributed by atoms with Crippen LogP contribution in [0.25, 0.3) is 0 Å². The molecule has 0 radical (unpaired) electrons. The van der Waals surface area contributed by atoms with Crippen molar-refractivity contribution in [3.8, 4) is 0 Å². The summed E-state index contributed by atoms with van der Waals surface area (Å²) in [6.45, 7) is 1.08. The molecule has 0 aliphatic carbocycles. The normalized spacial score (nSPS) is 11.7. The molecule has 0 spiro atoms. The molecule has 0 aliphatic rings. The van der Waals surface area contributed by atoms with Gasteiger partial charge in [0.05, 0.1) is 0 Å². The zero-order valence-electron chi connectivity index (χ0n) is 3.26. The van der Waals surface area contributed by atoms with Gasteiger partial charge in [-0.25, -0.2) is 0 Å². The van der Waals surface area contributed by atoms with Crippen LogP contribution >= 0.6 is 8.03 Å². The molecule has 0 aromatic carbocycles. The number of carbonyl (C=O) groups excluding carboxylic acids is 1. The van der Waals surface area contributed by atoms with Crippen molar-refractivity contribution in [3.63, 3.8) is 0 Å². The molecule has 0 saturated carbocycles. The molecule has 1 atom stereocenters. The van der Waals surface area contributed by atoms with Gasteiger partial charge in [-0.2, -0.15) is 0 Å². The number of rotatable bonds is 1. The first-order chi connectivity index (χ1) is 2.64. The van der Waals surface area contributed by atoms with Crippen LogP contribution in [-0.2, 0) is 9.36 Å². The van der Waals surface area contributed by atoms with Crippen molar-refractivity contribution in [2.75, 3.05) is 0 Å². The van der Waals surface area contributed by atoms with Crippen LogP contribution in [0.3, 0.4) is 0 Å². The minimum atomic E-state index is -2.84. The third kappa shape index (κ3) is 6.86. The zero-order valence-corrected chi connectivity index (χ0v) is 4.26. The molecule has 0 aromatic rings. The van der Waals surface area contributed by atoms with Crippen LogP contribution in [0.1, 0.15) is 6.92 Å². The predicted octanol–water partition coefficient (Wildman–Crippen LogP) is -0.649. The molecule has 0 rings (SSSR count). The maximum atomic E-state index is 9.63. The summed E-state index contributed by atoms with van der Waals surface area (Å²) in [6, 6.07) is 0. The van der Waals surface area contributed by atoms with Gasteiger partial charge in [0.25, 0.3) is 8.03 Å². The second-order valence-corrected chi connectivity index (χ2v) is 2.18. The Balaban J connectivity index is 0. The standard InChI is InChI=1S/C2H5O3P.Na.H/c1-2(3)6(4)5;;/h6H,1H3,(H,4,5);;. The van der Waals surface area contributed by atoms with E-state index in [2.05, 4.69) is 0 Å². The Hall–Kier alpha value is 0.860. The summed E-state index contributed by atoms with van der Waals surface area (Å²) in [5.41, 5.74) is -0.639. The summed E-state index contributed by atoms with van der Waals surface area (Å²) in [5, 5.41) is 0. The molecule has 5 heteroatoms. The van der Waals surface area contributed by atoms with Gasteiger partial charge >= 0.3 is 29.6 Å². The topological polar surface area (TPSA) is 54.4 Å². The molecule has 38 valence electrons. The second-order valence-electron chi connectivity index (χ2n) is 0.861. The average Bonchev–Trinajstić information content (AvgIpc) is 1.36. The molecule has 3 nitrogen and oxygen atoms in total.